The van der Waals surface area contributed by atoms with Crippen molar-refractivity contribution in [1.82, 2.24) is 4.98 Å². The van der Waals surface area contributed by atoms with Gasteiger partial charge in [-0.25, -0.2) is 13.8 Å². The molecule has 0 atom stereocenters. The van der Waals surface area contributed by atoms with Crippen molar-refractivity contribution in [2.24, 2.45) is 5.73 Å². The molecule has 2 N–H and O–H groups in total. The van der Waals surface area contributed by atoms with E-state index in [0.29, 0.717) is 24.4 Å². The minimum absolute atomic E-state index is 0.399. The molecule has 1 fully saturated rings. The van der Waals surface area contributed by atoms with E-state index in [9.17, 15) is 8.78 Å². The number of nitrogens with two attached hydrogens (primary N) is 1. The van der Waals surface area contributed by atoms with Crippen molar-refractivity contribution in [3.63, 3.8) is 0 Å². The number of rotatable bonds is 4. The summed E-state index contributed by atoms with van der Waals surface area (Å²) in [7, 11) is 0. The van der Waals surface area contributed by atoms with Crippen molar-refractivity contribution in [3.8, 4) is 0 Å². The smallest absolute Gasteiger partial charge is 0.129 e. The maximum atomic E-state index is 13.6. The highest BCUT2D eigenvalue weighted by Crippen LogP contribution is 2.42. The molecular formula is C14H14F2N2S. The number of thiazole rings is 1. The van der Waals surface area contributed by atoms with Gasteiger partial charge in [-0.05, 0) is 24.5 Å². The van der Waals surface area contributed by atoms with Crippen LogP contribution in [0.5, 0.6) is 0 Å². The highest BCUT2D eigenvalue weighted by Gasteiger charge is 2.29. The van der Waals surface area contributed by atoms with Crippen molar-refractivity contribution < 1.29 is 8.78 Å². The normalized spacial score (nSPS) is 14.9. The highest BCUT2D eigenvalue weighted by molar-refractivity contribution is 7.11. The van der Waals surface area contributed by atoms with Gasteiger partial charge in [0.05, 0.1) is 10.7 Å². The van der Waals surface area contributed by atoms with E-state index < -0.39 is 11.6 Å². The largest absolute Gasteiger partial charge is 0.326 e. The fourth-order valence-electron chi connectivity index (χ4n) is 2.14. The van der Waals surface area contributed by atoms with Crippen LogP contribution in [0.15, 0.2) is 18.2 Å². The van der Waals surface area contributed by atoms with Crippen molar-refractivity contribution in [1.29, 1.82) is 0 Å². The summed E-state index contributed by atoms with van der Waals surface area (Å²) in [6.45, 7) is 0.482. The van der Waals surface area contributed by atoms with Gasteiger partial charge in [-0.15, -0.1) is 11.3 Å². The fraction of sp³-hybridized carbons (Fsp3) is 0.357. The Morgan fingerprint density at radius 2 is 2.11 bits per heavy atom. The molecule has 0 amide bonds. The monoisotopic (exact) mass is 280 g/mol. The Balaban J connectivity index is 1.86. The van der Waals surface area contributed by atoms with Crippen LogP contribution in [0.4, 0.5) is 8.78 Å². The first-order valence-corrected chi connectivity index (χ1v) is 7.11. The Morgan fingerprint density at radius 1 is 1.32 bits per heavy atom. The second kappa shape index (κ2) is 4.98. The molecule has 1 aromatic carbocycles. The molecular weight excluding hydrogens is 266 g/mol. The van der Waals surface area contributed by atoms with Crippen molar-refractivity contribution in [2.75, 3.05) is 0 Å². The summed E-state index contributed by atoms with van der Waals surface area (Å²) in [5.74, 6) is -0.527. The average Bonchev–Trinajstić information content (AvgIpc) is 3.14. The predicted octanol–water partition coefficient (Wildman–Crippen LogP) is 3.35. The number of nitrogens with zero attached hydrogens (tertiary/aromatic N) is 1. The van der Waals surface area contributed by atoms with E-state index in [0.717, 1.165) is 21.6 Å². The Kier molecular flexibility index (Phi) is 3.33. The first kappa shape index (κ1) is 12.7. The number of hydrogen-bond donors (Lipinski definition) is 1. The van der Waals surface area contributed by atoms with E-state index >= 15 is 0 Å². The van der Waals surface area contributed by atoms with Crippen molar-refractivity contribution >= 4 is 11.3 Å². The standard InChI is InChI=1S/C14H14F2N2S/c15-10-4-3-9(11(16)6-10)5-13-18-14(8-1-2-8)12(7-17)19-13/h3-4,6,8H,1-2,5,7,17H2. The fourth-order valence-corrected chi connectivity index (χ4v) is 3.20. The van der Waals surface area contributed by atoms with Crippen LogP contribution in [0, 0.1) is 11.6 Å². The van der Waals surface area contributed by atoms with Gasteiger partial charge in [-0.2, -0.15) is 0 Å². The van der Waals surface area contributed by atoms with E-state index in [4.69, 9.17) is 5.73 Å². The quantitative estimate of drug-likeness (QED) is 0.932. The van der Waals surface area contributed by atoms with E-state index in [1.54, 1.807) is 0 Å². The Hall–Kier alpha value is -1.33. The zero-order chi connectivity index (χ0) is 13.4. The number of hydrogen-bond acceptors (Lipinski definition) is 3. The molecule has 2 nitrogen and oxygen atoms in total. The lowest BCUT2D eigenvalue weighted by atomic mass is 10.1. The third-order valence-corrected chi connectivity index (χ3v) is 4.37. The van der Waals surface area contributed by atoms with Crippen molar-refractivity contribution in [3.05, 3.63) is 51.0 Å². The van der Waals surface area contributed by atoms with E-state index in [-0.39, 0.29) is 0 Å². The molecule has 0 unspecified atom stereocenters. The summed E-state index contributed by atoms with van der Waals surface area (Å²) < 4.78 is 26.5. The Bertz CT molecular complexity index is 605. The summed E-state index contributed by atoms with van der Waals surface area (Å²) in [5, 5.41) is 0.854. The van der Waals surface area contributed by atoms with E-state index in [1.165, 1.54) is 36.3 Å². The number of benzene rings is 1. The molecule has 3 rings (SSSR count). The highest BCUT2D eigenvalue weighted by atomic mass is 32.1. The molecule has 100 valence electrons. The molecule has 1 aromatic heterocycles. The SMILES string of the molecule is NCc1sc(Cc2ccc(F)cc2F)nc1C1CC1. The van der Waals surface area contributed by atoms with Gasteiger partial charge in [0.15, 0.2) is 0 Å². The van der Waals surface area contributed by atoms with Gasteiger partial charge in [-0.1, -0.05) is 6.07 Å². The Morgan fingerprint density at radius 3 is 2.74 bits per heavy atom. The summed E-state index contributed by atoms with van der Waals surface area (Å²) in [4.78, 5) is 5.68. The van der Waals surface area contributed by atoms with Gasteiger partial charge in [0.25, 0.3) is 0 Å². The molecule has 1 heterocycles. The van der Waals surface area contributed by atoms with Crippen LogP contribution in [0.2, 0.25) is 0 Å². The Labute approximate surface area is 114 Å². The maximum absolute atomic E-state index is 13.6. The van der Waals surface area contributed by atoms with Crippen LogP contribution in [0.25, 0.3) is 0 Å². The van der Waals surface area contributed by atoms with E-state index in [1.807, 2.05) is 0 Å². The van der Waals surface area contributed by atoms with Crippen LogP contribution in [-0.4, -0.2) is 4.98 Å². The molecule has 5 heteroatoms. The van der Waals surface area contributed by atoms with Gasteiger partial charge in [0.2, 0.25) is 0 Å². The van der Waals surface area contributed by atoms with Crippen molar-refractivity contribution in [2.45, 2.75) is 31.7 Å². The van der Waals surface area contributed by atoms with Gasteiger partial charge < -0.3 is 5.73 Å². The number of halogens is 2. The molecule has 0 bridgehead atoms. The zero-order valence-corrected chi connectivity index (χ0v) is 11.1. The van der Waals surface area contributed by atoms with Crippen LogP contribution in [0.3, 0.4) is 0 Å². The number of aromatic nitrogens is 1. The molecule has 1 aliphatic rings. The third-order valence-electron chi connectivity index (χ3n) is 3.28. The summed E-state index contributed by atoms with van der Waals surface area (Å²) in [6.07, 6.45) is 2.73. The molecule has 0 radical (unpaired) electrons. The topological polar surface area (TPSA) is 38.9 Å². The van der Waals surface area contributed by atoms with Crippen LogP contribution in [-0.2, 0) is 13.0 Å². The van der Waals surface area contributed by atoms with Crippen LogP contribution < -0.4 is 5.73 Å². The molecule has 0 saturated heterocycles. The second-order valence-electron chi connectivity index (χ2n) is 4.81. The third kappa shape index (κ3) is 2.67. The summed E-state index contributed by atoms with van der Waals surface area (Å²) in [5.41, 5.74) is 7.28. The molecule has 0 aliphatic heterocycles. The molecule has 1 aliphatic carbocycles. The summed E-state index contributed by atoms with van der Waals surface area (Å²) >= 11 is 1.54. The molecule has 2 aromatic rings. The average molecular weight is 280 g/mol. The first-order chi connectivity index (χ1) is 9.17. The molecule has 0 spiro atoms. The van der Waals surface area contributed by atoms with Gasteiger partial charge in [0, 0.05) is 29.8 Å². The van der Waals surface area contributed by atoms with E-state index in [2.05, 4.69) is 4.98 Å². The lowest BCUT2D eigenvalue weighted by molar-refractivity contribution is 0.574. The van der Waals surface area contributed by atoms with Gasteiger partial charge in [0.1, 0.15) is 11.6 Å². The lowest BCUT2D eigenvalue weighted by Crippen LogP contribution is -1.97. The zero-order valence-electron chi connectivity index (χ0n) is 10.3. The molecule has 19 heavy (non-hydrogen) atoms. The summed E-state index contributed by atoms with van der Waals surface area (Å²) in [6, 6.07) is 3.66. The second-order valence-corrected chi connectivity index (χ2v) is 5.98. The predicted molar refractivity (Wildman–Crippen MR) is 71.1 cm³/mol. The van der Waals surface area contributed by atoms with Crippen LogP contribution in [0.1, 0.15) is 39.9 Å². The minimum atomic E-state index is -0.554. The minimum Gasteiger partial charge on any atom is -0.326 e. The van der Waals surface area contributed by atoms with Crippen LogP contribution >= 0.6 is 11.3 Å². The lowest BCUT2D eigenvalue weighted by Gasteiger charge is -2.00. The van der Waals surface area contributed by atoms with Gasteiger partial charge >= 0.3 is 0 Å². The first-order valence-electron chi connectivity index (χ1n) is 6.30. The van der Waals surface area contributed by atoms with Gasteiger partial charge in [-0.3, -0.25) is 0 Å². The maximum Gasteiger partial charge on any atom is 0.129 e. The molecule has 1 saturated carbocycles.